The summed E-state index contributed by atoms with van der Waals surface area (Å²) in [6, 6.07) is 0.00803. The molecule has 1 aromatic rings. The summed E-state index contributed by atoms with van der Waals surface area (Å²) >= 11 is 1.69. The smallest absolute Gasteiger partial charge is 0.323 e. The highest BCUT2D eigenvalue weighted by molar-refractivity contribution is 7.16. The summed E-state index contributed by atoms with van der Waals surface area (Å²) < 4.78 is 0. The van der Waals surface area contributed by atoms with Gasteiger partial charge in [0.05, 0.1) is 5.69 Å². The number of fused-ring (bicyclic) bond motifs is 1. The van der Waals surface area contributed by atoms with E-state index in [-0.39, 0.29) is 6.03 Å². The average Bonchev–Trinajstić information content (AvgIpc) is 2.77. The molecule has 1 saturated heterocycles. The number of amides is 2. The third-order valence-corrected chi connectivity index (χ3v) is 4.08. The highest BCUT2D eigenvalue weighted by Gasteiger charge is 2.25. The van der Waals surface area contributed by atoms with Crippen LogP contribution in [0.25, 0.3) is 0 Å². The third-order valence-electron chi connectivity index (χ3n) is 2.90. The van der Waals surface area contributed by atoms with Crippen molar-refractivity contribution < 1.29 is 4.79 Å². The number of carbonyl (C=O) groups excluding carboxylic acids is 1. The zero-order chi connectivity index (χ0) is 10.3. The number of anilines is 1. The van der Waals surface area contributed by atoms with E-state index in [1.165, 1.54) is 17.0 Å². The largest absolute Gasteiger partial charge is 0.338 e. The number of hydrogen-bond acceptors (Lipinski definition) is 3. The van der Waals surface area contributed by atoms with E-state index in [1.54, 1.807) is 16.2 Å². The Balaban J connectivity index is 1.88. The molecule has 1 aliphatic heterocycles. The van der Waals surface area contributed by atoms with E-state index in [0.717, 1.165) is 37.5 Å². The van der Waals surface area contributed by atoms with Crippen molar-refractivity contribution >= 4 is 22.5 Å². The van der Waals surface area contributed by atoms with Gasteiger partial charge in [-0.1, -0.05) is 0 Å². The van der Waals surface area contributed by atoms with Gasteiger partial charge in [-0.15, -0.1) is 11.3 Å². The van der Waals surface area contributed by atoms with Crippen molar-refractivity contribution in [2.45, 2.75) is 25.7 Å². The Morgan fingerprint density at radius 3 is 3.07 bits per heavy atom. The first-order valence-corrected chi connectivity index (χ1v) is 6.20. The fourth-order valence-electron chi connectivity index (χ4n) is 2.10. The molecule has 3 rings (SSSR count). The number of nitrogens with one attached hydrogen (secondary N) is 1. The number of nitrogens with zero attached hydrogens (tertiary/aromatic N) is 2. The van der Waals surface area contributed by atoms with E-state index in [1.807, 2.05) is 0 Å². The minimum Gasteiger partial charge on any atom is -0.338 e. The maximum atomic E-state index is 11.6. The third kappa shape index (κ3) is 1.51. The lowest BCUT2D eigenvalue weighted by atomic mass is 10.3. The fraction of sp³-hybridized carbons (Fsp3) is 0.600. The molecule has 0 atom stereocenters. The zero-order valence-electron chi connectivity index (χ0n) is 8.45. The van der Waals surface area contributed by atoms with Crippen molar-refractivity contribution in [1.29, 1.82) is 0 Å². The summed E-state index contributed by atoms with van der Waals surface area (Å²) in [5.74, 6) is 0. The first kappa shape index (κ1) is 9.15. The Kier molecular flexibility index (Phi) is 2.12. The molecule has 2 heterocycles. The van der Waals surface area contributed by atoms with Gasteiger partial charge in [-0.3, -0.25) is 4.90 Å². The van der Waals surface area contributed by atoms with Gasteiger partial charge in [0.15, 0.2) is 5.13 Å². The SMILES string of the molecule is O=C1NCCCN1c1nc2c(s1)CCC2. The van der Waals surface area contributed by atoms with Crippen LogP contribution in [0, 0.1) is 0 Å². The lowest BCUT2D eigenvalue weighted by Crippen LogP contribution is -2.46. The molecular weight excluding hydrogens is 210 g/mol. The van der Waals surface area contributed by atoms with Crippen molar-refractivity contribution in [3.05, 3.63) is 10.6 Å². The van der Waals surface area contributed by atoms with Gasteiger partial charge in [0, 0.05) is 18.0 Å². The summed E-state index contributed by atoms with van der Waals surface area (Å²) in [5, 5.41) is 3.74. The normalized spacial score (nSPS) is 20.3. The molecule has 0 saturated carbocycles. The van der Waals surface area contributed by atoms with Crippen molar-refractivity contribution in [2.24, 2.45) is 0 Å². The number of rotatable bonds is 1. The van der Waals surface area contributed by atoms with Crippen molar-refractivity contribution in [3.63, 3.8) is 0 Å². The maximum Gasteiger partial charge on any atom is 0.323 e. The van der Waals surface area contributed by atoms with Crippen LogP contribution < -0.4 is 10.2 Å². The van der Waals surface area contributed by atoms with Gasteiger partial charge in [-0.25, -0.2) is 9.78 Å². The van der Waals surface area contributed by atoms with Crippen LogP contribution in [0.15, 0.2) is 0 Å². The number of hydrogen-bond donors (Lipinski definition) is 1. The van der Waals surface area contributed by atoms with Crippen LogP contribution in [0.4, 0.5) is 9.93 Å². The van der Waals surface area contributed by atoms with E-state index in [9.17, 15) is 4.79 Å². The second-order valence-corrected chi connectivity index (χ2v) is 5.02. The quantitative estimate of drug-likeness (QED) is 0.785. The number of aryl methyl sites for hydroxylation is 2. The van der Waals surface area contributed by atoms with E-state index in [4.69, 9.17) is 0 Å². The molecule has 1 N–H and O–H groups in total. The molecule has 1 aromatic heterocycles. The van der Waals surface area contributed by atoms with Gasteiger partial charge in [-0.2, -0.15) is 0 Å². The van der Waals surface area contributed by atoms with E-state index < -0.39 is 0 Å². The van der Waals surface area contributed by atoms with Crippen molar-refractivity contribution in [3.8, 4) is 0 Å². The molecule has 0 bridgehead atoms. The standard InChI is InChI=1S/C10H13N3OS/c14-9-11-5-2-6-13(9)10-12-7-3-1-4-8(7)15-10/h1-6H2,(H,11,14). The Morgan fingerprint density at radius 1 is 1.33 bits per heavy atom. The van der Waals surface area contributed by atoms with Gasteiger partial charge in [0.25, 0.3) is 0 Å². The first-order chi connectivity index (χ1) is 7.34. The second-order valence-electron chi connectivity index (χ2n) is 3.96. The molecule has 2 aliphatic rings. The second kappa shape index (κ2) is 3.48. The van der Waals surface area contributed by atoms with Crippen LogP contribution in [0.5, 0.6) is 0 Å². The van der Waals surface area contributed by atoms with E-state index in [0.29, 0.717) is 0 Å². The number of carbonyl (C=O) groups is 1. The van der Waals surface area contributed by atoms with Gasteiger partial charge < -0.3 is 5.32 Å². The predicted octanol–water partition coefficient (Wildman–Crippen LogP) is 1.55. The van der Waals surface area contributed by atoms with Crippen molar-refractivity contribution in [1.82, 2.24) is 10.3 Å². The molecule has 4 nitrogen and oxygen atoms in total. The molecule has 0 spiro atoms. The summed E-state index contributed by atoms with van der Waals surface area (Å²) in [5.41, 5.74) is 1.22. The minimum absolute atomic E-state index is 0.00803. The minimum atomic E-state index is 0.00803. The first-order valence-electron chi connectivity index (χ1n) is 5.38. The fourth-order valence-corrected chi connectivity index (χ4v) is 3.28. The molecular formula is C10H13N3OS. The van der Waals surface area contributed by atoms with Crippen LogP contribution in [-0.4, -0.2) is 24.1 Å². The highest BCUT2D eigenvalue weighted by Crippen LogP contribution is 2.32. The van der Waals surface area contributed by atoms with E-state index in [2.05, 4.69) is 10.3 Å². The van der Waals surface area contributed by atoms with Gasteiger partial charge >= 0.3 is 6.03 Å². The maximum absolute atomic E-state index is 11.6. The Morgan fingerprint density at radius 2 is 2.27 bits per heavy atom. The lowest BCUT2D eigenvalue weighted by Gasteiger charge is -2.24. The molecule has 0 unspecified atom stereocenters. The number of urea groups is 1. The monoisotopic (exact) mass is 223 g/mol. The molecule has 15 heavy (non-hydrogen) atoms. The Labute approximate surface area is 92.3 Å². The molecule has 5 heteroatoms. The van der Waals surface area contributed by atoms with Crippen LogP contribution in [0.2, 0.25) is 0 Å². The molecule has 0 aromatic carbocycles. The van der Waals surface area contributed by atoms with Crippen LogP contribution in [0.3, 0.4) is 0 Å². The van der Waals surface area contributed by atoms with E-state index >= 15 is 0 Å². The number of aromatic nitrogens is 1. The van der Waals surface area contributed by atoms with Crippen molar-refractivity contribution in [2.75, 3.05) is 18.0 Å². The zero-order valence-corrected chi connectivity index (χ0v) is 9.27. The summed E-state index contributed by atoms with van der Waals surface area (Å²) in [4.78, 5) is 19.3. The molecule has 80 valence electrons. The Hall–Kier alpha value is -1.10. The molecule has 2 amide bonds. The summed E-state index contributed by atoms with van der Waals surface area (Å²) in [7, 11) is 0. The lowest BCUT2D eigenvalue weighted by molar-refractivity contribution is 0.243. The number of thiazole rings is 1. The van der Waals surface area contributed by atoms with Gasteiger partial charge in [0.1, 0.15) is 0 Å². The summed E-state index contributed by atoms with van der Waals surface area (Å²) in [6.45, 7) is 1.60. The van der Waals surface area contributed by atoms with Gasteiger partial charge in [-0.05, 0) is 25.7 Å². The predicted molar refractivity (Wildman–Crippen MR) is 59.5 cm³/mol. The average molecular weight is 223 g/mol. The molecule has 1 aliphatic carbocycles. The summed E-state index contributed by atoms with van der Waals surface area (Å²) in [6.07, 6.45) is 4.46. The topological polar surface area (TPSA) is 45.2 Å². The van der Waals surface area contributed by atoms with Crippen LogP contribution in [0.1, 0.15) is 23.4 Å². The highest BCUT2D eigenvalue weighted by atomic mass is 32.1. The van der Waals surface area contributed by atoms with Gasteiger partial charge in [0.2, 0.25) is 0 Å². The molecule has 1 fully saturated rings. The van der Waals surface area contributed by atoms with Crippen LogP contribution >= 0.6 is 11.3 Å². The Bertz CT molecular complexity index is 380. The molecule has 0 radical (unpaired) electrons. The van der Waals surface area contributed by atoms with Crippen LogP contribution in [-0.2, 0) is 12.8 Å².